The lowest BCUT2D eigenvalue weighted by atomic mass is 10.1. The van der Waals surface area contributed by atoms with E-state index in [1.807, 2.05) is 6.07 Å². The van der Waals surface area contributed by atoms with E-state index in [0.717, 1.165) is 0 Å². The third kappa shape index (κ3) is 4.35. The zero-order valence-electron chi connectivity index (χ0n) is 9.57. The molecule has 0 bridgehead atoms. The van der Waals surface area contributed by atoms with Crippen LogP contribution < -0.4 is 4.72 Å². The number of nitriles is 1. The van der Waals surface area contributed by atoms with Gasteiger partial charge in [0.1, 0.15) is 5.54 Å². The molecule has 1 rings (SSSR count). The number of hydrogen-bond donors (Lipinski definition) is 1. The number of nitrogens with zero attached hydrogens (tertiary/aromatic N) is 1. The third-order valence-electron chi connectivity index (χ3n) is 1.99. The van der Waals surface area contributed by atoms with Crippen molar-refractivity contribution in [3.8, 4) is 6.07 Å². The van der Waals surface area contributed by atoms with Gasteiger partial charge in [0.25, 0.3) is 0 Å². The van der Waals surface area contributed by atoms with Crippen molar-refractivity contribution in [2.24, 2.45) is 0 Å². The van der Waals surface area contributed by atoms with E-state index in [4.69, 9.17) is 16.9 Å². The van der Waals surface area contributed by atoms with Gasteiger partial charge in [-0.05, 0) is 25.5 Å². The Morgan fingerprint density at radius 3 is 2.53 bits per heavy atom. The topological polar surface area (TPSA) is 70.0 Å². The first kappa shape index (κ1) is 14.0. The molecule has 17 heavy (non-hydrogen) atoms. The summed E-state index contributed by atoms with van der Waals surface area (Å²) in [5.74, 6) is -0.238. The Bertz CT molecular complexity index is 547. The normalized spacial score (nSPS) is 12.1. The molecule has 0 aliphatic rings. The average molecular weight is 273 g/mol. The zero-order valence-corrected chi connectivity index (χ0v) is 11.1. The number of rotatable bonds is 4. The molecule has 0 atom stereocenters. The maximum Gasteiger partial charge on any atom is 0.217 e. The van der Waals surface area contributed by atoms with Crippen LogP contribution in [0.2, 0.25) is 5.02 Å². The largest absolute Gasteiger partial charge is 0.217 e. The van der Waals surface area contributed by atoms with E-state index < -0.39 is 15.6 Å². The molecule has 0 aliphatic heterocycles. The van der Waals surface area contributed by atoms with E-state index >= 15 is 0 Å². The molecular weight excluding hydrogens is 260 g/mol. The van der Waals surface area contributed by atoms with Gasteiger partial charge >= 0.3 is 0 Å². The second kappa shape index (κ2) is 5.05. The molecule has 1 aromatic rings. The smallest absolute Gasteiger partial charge is 0.212 e. The molecule has 6 heteroatoms. The van der Waals surface area contributed by atoms with Crippen molar-refractivity contribution in [3.05, 3.63) is 34.9 Å². The van der Waals surface area contributed by atoms with Crippen LogP contribution in [0.15, 0.2) is 24.3 Å². The number of nitrogens with one attached hydrogen (secondary N) is 1. The fourth-order valence-corrected chi connectivity index (χ4v) is 3.11. The van der Waals surface area contributed by atoms with Gasteiger partial charge in [-0.15, -0.1) is 0 Å². The van der Waals surface area contributed by atoms with Crippen LogP contribution in [0.4, 0.5) is 0 Å². The van der Waals surface area contributed by atoms with E-state index in [2.05, 4.69) is 4.72 Å². The van der Waals surface area contributed by atoms with Gasteiger partial charge in [-0.2, -0.15) is 9.98 Å². The van der Waals surface area contributed by atoms with Gasteiger partial charge in [0.2, 0.25) is 10.0 Å². The van der Waals surface area contributed by atoms with Crippen molar-refractivity contribution in [3.63, 3.8) is 0 Å². The van der Waals surface area contributed by atoms with Gasteiger partial charge < -0.3 is 0 Å². The van der Waals surface area contributed by atoms with Crippen LogP contribution in [0.3, 0.4) is 0 Å². The molecule has 1 aromatic carbocycles. The monoisotopic (exact) mass is 272 g/mol. The SMILES string of the molecule is CC(C)(C#N)NS(=O)(=O)Cc1ccccc1Cl. The van der Waals surface area contributed by atoms with Crippen LogP contribution in [-0.2, 0) is 15.8 Å². The van der Waals surface area contributed by atoms with Crippen LogP contribution in [-0.4, -0.2) is 14.0 Å². The van der Waals surface area contributed by atoms with Gasteiger partial charge in [0.15, 0.2) is 0 Å². The molecule has 1 N–H and O–H groups in total. The number of benzene rings is 1. The van der Waals surface area contributed by atoms with Crippen LogP contribution in [0.25, 0.3) is 0 Å². The van der Waals surface area contributed by atoms with Crippen molar-refractivity contribution in [1.29, 1.82) is 5.26 Å². The second-order valence-electron chi connectivity index (χ2n) is 4.19. The number of hydrogen-bond acceptors (Lipinski definition) is 3. The van der Waals surface area contributed by atoms with Crippen molar-refractivity contribution < 1.29 is 8.42 Å². The molecule has 0 fully saturated rings. The molecule has 0 radical (unpaired) electrons. The van der Waals surface area contributed by atoms with Gasteiger partial charge in [-0.1, -0.05) is 29.8 Å². The number of halogens is 1. The molecule has 0 heterocycles. The summed E-state index contributed by atoms with van der Waals surface area (Å²) < 4.78 is 25.9. The summed E-state index contributed by atoms with van der Waals surface area (Å²) in [5.41, 5.74) is -0.615. The second-order valence-corrected chi connectivity index (χ2v) is 6.32. The fraction of sp³-hybridized carbons (Fsp3) is 0.364. The molecule has 4 nitrogen and oxygen atoms in total. The molecule has 0 amide bonds. The highest BCUT2D eigenvalue weighted by Gasteiger charge is 2.24. The lowest BCUT2D eigenvalue weighted by molar-refractivity contribution is 0.535. The van der Waals surface area contributed by atoms with Crippen LogP contribution in [0.5, 0.6) is 0 Å². The van der Waals surface area contributed by atoms with Crippen molar-refractivity contribution in [2.45, 2.75) is 25.1 Å². The highest BCUT2D eigenvalue weighted by molar-refractivity contribution is 7.88. The van der Waals surface area contributed by atoms with Gasteiger partial charge in [0.05, 0.1) is 11.8 Å². The van der Waals surface area contributed by atoms with Gasteiger partial charge in [-0.3, -0.25) is 0 Å². The first-order valence-electron chi connectivity index (χ1n) is 4.92. The predicted octanol–water partition coefficient (Wildman–Crippen LogP) is 2.06. The van der Waals surface area contributed by atoms with E-state index in [0.29, 0.717) is 10.6 Å². The molecule has 0 saturated heterocycles. The molecule has 0 aliphatic carbocycles. The number of sulfonamides is 1. The van der Waals surface area contributed by atoms with E-state index in [1.54, 1.807) is 24.3 Å². The molecular formula is C11H13ClN2O2S. The Balaban J connectivity index is 2.90. The molecule has 0 saturated carbocycles. The summed E-state index contributed by atoms with van der Waals surface area (Å²) in [6, 6.07) is 8.58. The Hall–Kier alpha value is -1.09. The van der Waals surface area contributed by atoms with Crippen LogP contribution in [0.1, 0.15) is 19.4 Å². The maximum atomic E-state index is 11.8. The first-order chi connectivity index (χ1) is 7.76. The highest BCUT2D eigenvalue weighted by atomic mass is 35.5. The molecule has 0 spiro atoms. The fourth-order valence-electron chi connectivity index (χ4n) is 1.27. The van der Waals surface area contributed by atoms with Crippen LogP contribution in [0, 0.1) is 11.3 Å². The third-order valence-corrected chi connectivity index (χ3v) is 3.87. The summed E-state index contributed by atoms with van der Waals surface area (Å²) in [6.45, 7) is 2.99. The lowest BCUT2D eigenvalue weighted by Crippen LogP contribution is -2.42. The van der Waals surface area contributed by atoms with Crippen molar-refractivity contribution in [1.82, 2.24) is 4.72 Å². The summed E-state index contributed by atoms with van der Waals surface area (Å²) in [5, 5.41) is 9.17. The predicted molar refractivity (Wildman–Crippen MR) is 66.9 cm³/mol. The Kier molecular flexibility index (Phi) is 4.15. The maximum absolute atomic E-state index is 11.8. The Labute approximate surface area is 106 Å². The lowest BCUT2D eigenvalue weighted by Gasteiger charge is -2.17. The average Bonchev–Trinajstić information content (AvgIpc) is 2.20. The molecule has 92 valence electrons. The van der Waals surface area contributed by atoms with Crippen LogP contribution >= 0.6 is 11.6 Å². The minimum atomic E-state index is -3.58. The minimum Gasteiger partial charge on any atom is -0.212 e. The van der Waals surface area contributed by atoms with E-state index in [-0.39, 0.29) is 5.75 Å². The standard InChI is InChI=1S/C11H13ClN2O2S/c1-11(2,8-13)14-17(15,16)7-9-5-3-4-6-10(9)12/h3-6,14H,7H2,1-2H3. The van der Waals surface area contributed by atoms with Crippen molar-refractivity contribution >= 4 is 21.6 Å². The van der Waals surface area contributed by atoms with E-state index in [9.17, 15) is 8.42 Å². The summed E-state index contributed by atoms with van der Waals surface area (Å²) >= 11 is 5.88. The summed E-state index contributed by atoms with van der Waals surface area (Å²) in [6.07, 6.45) is 0. The van der Waals surface area contributed by atoms with Gasteiger partial charge in [-0.25, -0.2) is 8.42 Å². The van der Waals surface area contributed by atoms with Crippen molar-refractivity contribution in [2.75, 3.05) is 0 Å². The first-order valence-corrected chi connectivity index (χ1v) is 6.95. The summed E-state index contributed by atoms with van der Waals surface area (Å²) in [4.78, 5) is 0. The van der Waals surface area contributed by atoms with Gasteiger partial charge in [0, 0.05) is 5.02 Å². The zero-order chi connectivity index (χ0) is 13.1. The van der Waals surface area contributed by atoms with E-state index in [1.165, 1.54) is 13.8 Å². The molecule has 0 unspecified atom stereocenters. The Morgan fingerprint density at radius 1 is 1.41 bits per heavy atom. The summed E-state index contributed by atoms with van der Waals surface area (Å²) in [7, 11) is -3.58. The highest BCUT2D eigenvalue weighted by Crippen LogP contribution is 2.18. The Morgan fingerprint density at radius 2 is 2.00 bits per heavy atom. The quantitative estimate of drug-likeness (QED) is 0.912. The minimum absolute atomic E-state index is 0.238. The molecule has 0 aromatic heterocycles.